The first-order valence-corrected chi connectivity index (χ1v) is 10.0. The second-order valence-electron chi connectivity index (χ2n) is 8.44. The zero-order valence-corrected chi connectivity index (χ0v) is 17.6. The van der Waals surface area contributed by atoms with Crippen LogP contribution in [0.3, 0.4) is 0 Å². The standard InChI is InChI=1S/C26H27NO3/c1-26(2,3)22-15-13-20(14-16-22)23(17-24(28)29)27-25(30)21-11-9-19(10-12-21)18-7-5-4-6-8-18/h4-16,23H,17H2,1-3H3,(H,27,30)(H,28,29)/t23-/m1/s1. The van der Waals surface area contributed by atoms with Crippen molar-refractivity contribution in [2.24, 2.45) is 0 Å². The van der Waals surface area contributed by atoms with Crippen molar-refractivity contribution >= 4 is 11.9 Å². The molecule has 2 N–H and O–H groups in total. The van der Waals surface area contributed by atoms with E-state index in [4.69, 9.17) is 0 Å². The van der Waals surface area contributed by atoms with Crippen LogP contribution in [0.2, 0.25) is 0 Å². The monoisotopic (exact) mass is 401 g/mol. The molecule has 154 valence electrons. The minimum atomic E-state index is -0.959. The van der Waals surface area contributed by atoms with Crippen molar-refractivity contribution in [2.45, 2.75) is 38.6 Å². The summed E-state index contributed by atoms with van der Waals surface area (Å²) in [4.78, 5) is 24.2. The fourth-order valence-electron chi connectivity index (χ4n) is 3.33. The van der Waals surface area contributed by atoms with Crippen LogP contribution in [0.5, 0.6) is 0 Å². The maximum atomic E-state index is 12.8. The lowest BCUT2D eigenvalue weighted by Crippen LogP contribution is -2.30. The summed E-state index contributed by atoms with van der Waals surface area (Å²) in [6.45, 7) is 6.37. The van der Waals surface area contributed by atoms with Gasteiger partial charge >= 0.3 is 5.97 Å². The van der Waals surface area contributed by atoms with E-state index in [0.29, 0.717) is 5.56 Å². The summed E-state index contributed by atoms with van der Waals surface area (Å²) in [5.41, 5.74) is 4.53. The number of carbonyl (C=O) groups is 2. The van der Waals surface area contributed by atoms with Crippen molar-refractivity contribution in [3.8, 4) is 11.1 Å². The summed E-state index contributed by atoms with van der Waals surface area (Å²) < 4.78 is 0. The van der Waals surface area contributed by atoms with Crippen molar-refractivity contribution in [3.05, 3.63) is 95.6 Å². The van der Waals surface area contributed by atoms with E-state index in [1.54, 1.807) is 12.1 Å². The summed E-state index contributed by atoms with van der Waals surface area (Å²) in [6, 6.07) is 24.4. The van der Waals surface area contributed by atoms with E-state index in [2.05, 4.69) is 26.1 Å². The van der Waals surface area contributed by atoms with Gasteiger partial charge in [-0.25, -0.2) is 0 Å². The molecule has 0 spiro atoms. The van der Waals surface area contributed by atoms with Gasteiger partial charge in [0.2, 0.25) is 0 Å². The average molecular weight is 402 g/mol. The van der Waals surface area contributed by atoms with Gasteiger partial charge in [-0.2, -0.15) is 0 Å². The van der Waals surface area contributed by atoms with Crippen molar-refractivity contribution in [2.75, 3.05) is 0 Å². The lowest BCUT2D eigenvalue weighted by atomic mass is 9.86. The minimum absolute atomic E-state index is 0.00454. The third-order valence-corrected chi connectivity index (χ3v) is 5.12. The van der Waals surface area contributed by atoms with Gasteiger partial charge in [0.15, 0.2) is 0 Å². The highest BCUT2D eigenvalue weighted by Crippen LogP contribution is 2.25. The van der Waals surface area contributed by atoms with Gasteiger partial charge in [-0.1, -0.05) is 87.5 Å². The Balaban J connectivity index is 1.77. The van der Waals surface area contributed by atoms with Crippen LogP contribution in [-0.2, 0) is 10.2 Å². The van der Waals surface area contributed by atoms with Crippen molar-refractivity contribution in [1.29, 1.82) is 0 Å². The van der Waals surface area contributed by atoms with Gasteiger partial charge in [0.05, 0.1) is 12.5 Å². The fraction of sp³-hybridized carbons (Fsp3) is 0.231. The Morgan fingerprint density at radius 2 is 1.40 bits per heavy atom. The highest BCUT2D eigenvalue weighted by molar-refractivity contribution is 5.95. The van der Waals surface area contributed by atoms with Gasteiger partial charge in [-0.15, -0.1) is 0 Å². The number of carboxylic acids is 1. The molecular formula is C26H27NO3. The molecule has 4 heteroatoms. The Kier molecular flexibility index (Phi) is 6.36. The van der Waals surface area contributed by atoms with Gasteiger partial charge in [-0.3, -0.25) is 9.59 Å². The van der Waals surface area contributed by atoms with Crippen molar-refractivity contribution in [1.82, 2.24) is 5.32 Å². The lowest BCUT2D eigenvalue weighted by Gasteiger charge is -2.22. The summed E-state index contributed by atoms with van der Waals surface area (Å²) in [7, 11) is 0. The second-order valence-corrected chi connectivity index (χ2v) is 8.44. The van der Waals surface area contributed by atoms with Gasteiger partial charge in [0.25, 0.3) is 5.91 Å². The van der Waals surface area contributed by atoms with Gasteiger partial charge in [0, 0.05) is 5.56 Å². The highest BCUT2D eigenvalue weighted by Gasteiger charge is 2.20. The molecule has 3 aromatic rings. The second kappa shape index (κ2) is 8.95. The predicted molar refractivity (Wildman–Crippen MR) is 119 cm³/mol. The maximum Gasteiger partial charge on any atom is 0.305 e. The number of rotatable bonds is 6. The number of amides is 1. The molecule has 0 saturated heterocycles. The molecule has 0 aliphatic carbocycles. The summed E-state index contributed by atoms with van der Waals surface area (Å²) in [6.07, 6.45) is -0.178. The van der Waals surface area contributed by atoms with Crippen LogP contribution in [0.15, 0.2) is 78.9 Å². The molecule has 4 nitrogen and oxygen atoms in total. The van der Waals surface area contributed by atoms with Crippen LogP contribution in [-0.4, -0.2) is 17.0 Å². The molecule has 30 heavy (non-hydrogen) atoms. The fourth-order valence-corrected chi connectivity index (χ4v) is 3.33. The quantitative estimate of drug-likeness (QED) is 0.565. The third-order valence-electron chi connectivity index (χ3n) is 5.12. The molecule has 1 amide bonds. The summed E-state index contributed by atoms with van der Waals surface area (Å²) in [5.74, 6) is -1.25. The first-order valence-electron chi connectivity index (χ1n) is 10.0. The molecule has 0 bridgehead atoms. The number of nitrogens with one attached hydrogen (secondary N) is 1. The van der Waals surface area contributed by atoms with Crippen molar-refractivity contribution < 1.29 is 14.7 Å². The maximum absolute atomic E-state index is 12.8. The smallest absolute Gasteiger partial charge is 0.305 e. The molecule has 0 saturated carbocycles. The van der Waals surface area contributed by atoms with Crippen LogP contribution in [0.4, 0.5) is 0 Å². The Morgan fingerprint density at radius 1 is 0.833 bits per heavy atom. The number of aliphatic carboxylic acids is 1. The molecule has 1 atom stereocenters. The molecule has 0 fully saturated rings. The van der Waals surface area contributed by atoms with E-state index in [1.807, 2.05) is 66.7 Å². The molecule has 0 aromatic heterocycles. The number of benzene rings is 3. The van der Waals surface area contributed by atoms with Crippen molar-refractivity contribution in [3.63, 3.8) is 0 Å². The van der Waals surface area contributed by atoms with E-state index in [1.165, 1.54) is 0 Å². The molecule has 0 radical (unpaired) electrons. The molecule has 0 heterocycles. The normalized spacial score (nSPS) is 12.2. The Labute approximate surface area is 177 Å². The molecule has 3 aromatic carbocycles. The third kappa shape index (κ3) is 5.35. The van der Waals surface area contributed by atoms with E-state index >= 15 is 0 Å². The Bertz CT molecular complexity index is 1000. The van der Waals surface area contributed by atoms with E-state index in [0.717, 1.165) is 22.3 Å². The number of carboxylic acid groups (broad SMARTS) is 1. The molecule has 0 aliphatic heterocycles. The molecule has 3 rings (SSSR count). The van der Waals surface area contributed by atoms with Crippen LogP contribution in [0.25, 0.3) is 11.1 Å². The van der Waals surface area contributed by atoms with E-state index < -0.39 is 12.0 Å². The molecule has 0 aliphatic rings. The zero-order valence-electron chi connectivity index (χ0n) is 17.6. The topological polar surface area (TPSA) is 66.4 Å². The highest BCUT2D eigenvalue weighted by atomic mass is 16.4. The van der Waals surface area contributed by atoms with Gasteiger partial charge in [0.1, 0.15) is 0 Å². The van der Waals surface area contributed by atoms with Crippen LogP contribution in [0.1, 0.15) is 54.7 Å². The van der Waals surface area contributed by atoms with Crippen LogP contribution in [0, 0.1) is 0 Å². The molecular weight excluding hydrogens is 374 g/mol. The zero-order chi connectivity index (χ0) is 21.7. The number of carbonyl (C=O) groups excluding carboxylic acids is 1. The van der Waals surface area contributed by atoms with E-state index in [9.17, 15) is 14.7 Å². The Hall–Kier alpha value is -3.40. The van der Waals surface area contributed by atoms with Gasteiger partial charge in [-0.05, 0) is 39.8 Å². The lowest BCUT2D eigenvalue weighted by molar-refractivity contribution is -0.137. The van der Waals surface area contributed by atoms with Crippen LogP contribution < -0.4 is 5.32 Å². The Morgan fingerprint density at radius 3 is 1.93 bits per heavy atom. The predicted octanol–water partition coefficient (Wildman–Crippen LogP) is 5.60. The summed E-state index contributed by atoms with van der Waals surface area (Å²) >= 11 is 0. The minimum Gasteiger partial charge on any atom is -0.481 e. The number of hydrogen-bond acceptors (Lipinski definition) is 2. The first kappa shape index (κ1) is 21.3. The van der Waals surface area contributed by atoms with Gasteiger partial charge < -0.3 is 10.4 Å². The molecule has 0 unspecified atom stereocenters. The van der Waals surface area contributed by atoms with Crippen LogP contribution >= 0.6 is 0 Å². The average Bonchev–Trinajstić information content (AvgIpc) is 2.73. The first-order chi connectivity index (χ1) is 14.2. The SMILES string of the molecule is CC(C)(C)c1ccc([C@@H](CC(=O)O)NC(=O)c2ccc(-c3ccccc3)cc2)cc1. The summed E-state index contributed by atoms with van der Waals surface area (Å²) in [5, 5.41) is 12.2. The largest absolute Gasteiger partial charge is 0.481 e. The number of hydrogen-bond donors (Lipinski definition) is 2. The van der Waals surface area contributed by atoms with E-state index in [-0.39, 0.29) is 17.7 Å².